The lowest BCUT2D eigenvalue weighted by molar-refractivity contribution is -0.120. The first-order valence-electron chi connectivity index (χ1n) is 10.0. The number of sulfonamides is 1. The molecule has 1 fully saturated rings. The van der Waals surface area contributed by atoms with E-state index in [0.29, 0.717) is 23.6 Å². The van der Waals surface area contributed by atoms with Gasteiger partial charge in [-0.3, -0.25) is 9.59 Å². The summed E-state index contributed by atoms with van der Waals surface area (Å²) in [6, 6.07) is 9.83. The molecule has 2 aromatic carbocycles. The van der Waals surface area contributed by atoms with Crippen LogP contribution in [0.5, 0.6) is 0 Å². The monoisotopic (exact) mass is 463 g/mol. The topological polar surface area (TPSA) is 95.6 Å². The zero-order valence-corrected chi connectivity index (χ0v) is 19.3. The molecule has 1 aliphatic rings. The number of rotatable bonds is 5. The number of nitrogens with zero attached hydrogens (tertiary/aromatic N) is 1. The summed E-state index contributed by atoms with van der Waals surface area (Å²) < 4.78 is 27.3. The third-order valence-corrected chi connectivity index (χ3v) is 7.87. The van der Waals surface area contributed by atoms with Gasteiger partial charge < -0.3 is 10.6 Å². The minimum atomic E-state index is -3.59. The van der Waals surface area contributed by atoms with E-state index in [1.165, 1.54) is 17.4 Å². The maximum atomic E-state index is 13.0. The van der Waals surface area contributed by atoms with Gasteiger partial charge in [-0.1, -0.05) is 17.7 Å². The third-order valence-electron chi connectivity index (χ3n) is 5.65. The normalized spacial score (nSPS) is 15.5. The Morgan fingerprint density at radius 2 is 1.71 bits per heavy atom. The summed E-state index contributed by atoms with van der Waals surface area (Å²) in [7, 11) is -2.09. The fourth-order valence-corrected chi connectivity index (χ4v) is 5.30. The number of aryl methyl sites for hydroxylation is 2. The van der Waals surface area contributed by atoms with Crippen LogP contribution in [0.4, 0.5) is 5.69 Å². The van der Waals surface area contributed by atoms with E-state index in [1.54, 1.807) is 24.3 Å². The van der Waals surface area contributed by atoms with Crippen LogP contribution in [0.15, 0.2) is 41.3 Å². The average Bonchev–Trinajstić information content (AvgIpc) is 2.76. The van der Waals surface area contributed by atoms with Gasteiger partial charge in [0.1, 0.15) is 0 Å². The molecule has 0 spiro atoms. The Hall–Kier alpha value is -2.42. The molecular weight excluding hydrogens is 438 g/mol. The van der Waals surface area contributed by atoms with E-state index in [0.717, 1.165) is 11.1 Å². The molecule has 166 valence electrons. The molecule has 2 aromatic rings. The summed E-state index contributed by atoms with van der Waals surface area (Å²) in [6.07, 6.45) is 0.845. The Balaban J connectivity index is 1.65. The molecule has 0 aliphatic carbocycles. The van der Waals surface area contributed by atoms with E-state index in [-0.39, 0.29) is 41.3 Å². The van der Waals surface area contributed by atoms with Crippen LogP contribution < -0.4 is 10.6 Å². The lowest BCUT2D eigenvalue weighted by atomic mass is 9.97. The Labute approximate surface area is 187 Å². The largest absolute Gasteiger partial charge is 0.355 e. The van der Waals surface area contributed by atoms with Crippen molar-refractivity contribution in [1.29, 1.82) is 0 Å². The number of carbonyl (C=O) groups is 2. The second-order valence-electron chi connectivity index (χ2n) is 7.69. The summed E-state index contributed by atoms with van der Waals surface area (Å²) in [4.78, 5) is 24.9. The number of anilines is 1. The van der Waals surface area contributed by atoms with Gasteiger partial charge in [-0.25, -0.2) is 8.42 Å². The standard InChI is InChI=1S/C22H26ClN3O4S/c1-14-4-6-18(12-15(14)2)31(29,30)26-10-8-16(9-11-26)21(27)25-17-5-7-20(23)19(13-17)22(28)24-3/h4-7,12-13,16H,8-11H2,1-3H3,(H,24,28)(H,25,27). The van der Waals surface area contributed by atoms with Crippen LogP contribution in [-0.2, 0) is 14.8 Å². The van der Waals surface area contributed by atoms with Crippen LogP contribution in [0.1, 0.15) is 34.3 Å². The second-order valence-corrected chi connectivity index (χ2v) is 10.0. The smallest absolute Gasteiger partial charge is 0.252 e. The van der Waals surface area contributed by atoms with E-state index in [1.807, 2.05) is 19.9 Å². The Kier molecular flexibility index (Phi) is 7.03. The first-order valence-corrected chi connectivity index (χ1v) is 11.8. The predicted octanol–water partition coefficient (Wildman–Crippen LogP) is 3.36. The number of hydrogen-bond acceptors (Lipinski definition) is 4. The first-order chi connectivity index (χ1) is 14.6. The molecule has 0 aromatic heterocycles. The molecular formula is C22H26ClN3O4S. The van der Waals surface area contributed by atoms with Gasteiger partial charge in [0.15, 0.2) is 0 Å². The van der Waals surface area contributed by atoms with E-state index < -0.39 is 10.0 Å². The molecule has 0 atom stereocenters. The van der Waals surface area contributed by atoms with Gasteiger partial charge in [0, 0.05) is 31.7 Å². The lowest BCUT2D eigenvalue weighted by Crippen LogP contribution is -2.41. The van der Waals surface area contributed by atoms with Crippen LogP contribution in [0.25, 0.3) is 0 Å². The number of hydrogen-bond donors (Lipinski definition) is 2. The lowest BCUT2D eigenvalue weighted by Gasteiger charge is -2.30. The van der Waals surface area contributed by atoms with Crippen molar-refractivity contribution in [2.45, 2.75) is 31.6 Å². The summed E-state index contributed by atoms with van der Waals surface area (Å²) in [6.45, 7) is 4.38. The molecule has 0 radical (unpaired) electrons. The van der Waals surface area contributed by atoms with Gasteiger partial charge in [0.2, 0.25) is 15.9 Å². The number of piperidine rings is 1. The summed E-state index contributed by atoms with van der Waals surface area (Å²) in [5, 5.41) is 5.61. The summed E-state index contributed by atoms with van der Waals surface area (Å²) >= 11 is 6.05. The maximum absolute atomic E-state index is 13.0. The van der Waals surface area contributed by atoms with Crippen molar-refractivity contribution < 1.29 is 18.0 Å². The van der Waals surface area contributed by atoms with Gasteiger partial charge in [-0.05, 0) is 68.1 Å². The van der Waals surface area contributed by atoms with Crippen molar-refractivity contribution in [3.63, 3.8) is 0 Å². The van der Waals surface area contributed by atoms with Gasteiger partial charge in [0.05, 0.1) is 15.5 Å². The average molecular weight is 464 g/mol. The third kappa shape index (κ3) is 5.08. The van der Waals surface area contributed by atoms with Crippen molar-refractivity contribution >= 4 is 39.1 Å². The Morgan fingerprint density at radius 3 is 2.32 bits per heavy atom. The van der Waals surface area contributed by atoms with Crippen LogP contribution in [0, 0.1) is 19.8 Å². The fourth-order valence-electron chi connectivity index (χ4n) is 3.54. The zero-order valence-electron chi connectivity index (χ0n) is 17.7. The van der Waals surface area contributed by atoms with Crippen LogP contribution in [-0.4, -0.2) is 44.7 Å². The molecule has 2 N–H and O–H groups in total. The second kappa shape index (κ2) is 9.38. The number of halogens is 1. The number of benzene rings is 2. The molecule has 1 saturated heterocycles. The van der Waals surface area contributed by atoms with Crippen LogP contribution >= 0.6 is 11.6 Å². The van der Waals surface area contributed by atoms with E-state index >= 15 is 0 Å². The highest BCUT2D eigenvalue weighted by atomic mass is 35.5. The van der Waals surface area contributed by atoms with Gasteiger partial charge in [0.25, 0.3) is 5.91 Å². The minimum Gasteiger partial charge on any atom is -0.355 e. The van der Waals surface area contributed by atoms with Crippen molar-refractivity contribution in [3.05, 3.63) is 58.1 Å². The molecule has 7 nitrogen and oxygen atoms in total. The minimum absolute atomic E-state index is 0.201. The summed E-state index contributed by atoms with van der Waals surface area (Å²) in [5.74, 6) is -0.857. The van der Waals surface area contributed by atoms with Crippen LogP contribution in [0.2, 0.25) is 5.02 Å². The van der Waals surface area contributed by atoms with Gasteiger partial charge in [-0.2, -0.15) is 4.31 Å². The Morgan fingerprint density at radius 1 is 1.03 bits per heavy atom. The maximum Gasteiger partial charge on any atom is 0.252 e. The highest BCUT2D eigenvalue weighted by Crippen LogP contribution is 2.27. The van der Waals surface area contributed by atoms with Crippen molar-refractivity contribution in [3.8, 4) is 0 Å². The molecule has 31 heavy (non-hydrogen) atoms. The molecule has 9 heteroatoms. The molecule has 2 amide bonds. The first kappa shape index (κ1) is 23.2. The van der Waals surface area contributed by atoms with Gasteiger partial charge in [-0.15, -0.1) is 0 Å². The highest BCUT2D eigenvalue weighted by molar-refractivity contribution is 7.89. The van der Waals surface area contributed by atoms with E-state index in [9.17, 15) is 18.0 Å². The molecule has 0 bridgehead atoms. The number of nitrogens with one attached hydrogen (secondary N) is 2. The molecule has 0 unspecified atom stereocenters. The van der Waals surface area contributed by atoms with Crippen molar-refractivity contribution in [2.24, 2.45) is 5.92 Å². The van der Waals surface area contributed by atoms with Crippen molar-refractivity contribution in [1.82, 2.24) is 9.62 Å². The molecule has 3 rings (SSSR count). The summed E-state index contributed by atoms with van der Waals surface area (Å²) in [5.41, 5.74) is 2.71. The molecule has 1 heterocycles. The molecule has 1 aliphatic heterocycles. The van der Waals surface area contributed by atoms with Crippen molar-refractivity contribution in [2.75, 3.05) is 25.5 Å². The fraction of sp³-hybridized carbons (Fsp3) is 0.364. The van der Waals surface area contributed by atoms with Crippen LogP contribution in [0.3, 0.4) is 0 Å². The van der Waals surface area contributed by atoms with E-state index in [4.69, 9.17) is 11.6 Å². The number of amides is 2. The highest BCUT2D eigenvalue weighted by Gasteiger charge is 2.32. The SMILES string of the molecule is CNC(=O)c1cc(NC(=O)C2CCN(S(=O)(=O)c3ccc(C)c(C)c3)CC2)ccc1Cl. The number of carbonyl (C=O) groups excluding carboxylic acids is 2. The zero-order chi connectivity index (χ0) is 22.8. The van der Waals surface area contributed by atoms with E-state index in [2.05, 4.69) is 10.6 Å². The quantitative estimate of drug-likeness (QED) is 0.710. The predicted molar refractivity (Wildman–Crippen MR) is 121 cm³/mol. The molecule has 0 saturated carbocycles. The van der Waals surface area contributed by atoms with Gasteiger partial charge >= 0.3 is 0 Å². The Bertz CT molecular complexity index is 1110.